The second kappa shape index (κ2) is 12.0. The zero-order chi connectivity index (χ0) is 30.8. The van der Waals surface area contributed by atoms with Crippen molar-refractivity contribution >= 4 is 33.7 Å². The number of primary amides is 1. The Balaban J connectivity index is 1.66. The van der Waals surface area contributed by atoms with E-state index in [0.717, 1.165) is 36.4 Å². The van der Waals surface area contributed by atoms with Crippen LogP contribution in [0.5, 0.6) is 5.75 Å². The van der Waals surface area contributed by atoms with Crippen molar-refractivity contribution in [2.45, 2.75) is 12.3 Å². The van der Waals surface area contributed by atoms with Gasteiger partial charge in [0.05, 0.1) is 17.7 Å². The number of ether oxygens (including phenoxy) is 1. The molecule has 1 aromatic heterocycles. The Bertz CT molecular complexity index is 1660. The number of carboxylic acids is 1. The van der Waals surface area contributed by atoms with Crippen LogP contribution < -0.4 is 15.8 Å². The number of halogens is 6. The van der Waals surface area contributed by atoms with Gasteiger partial charge < -0.3 is 25.3 Å². The summed E-state index contributed by atoms with van der Waals surface area (Å²) < 4.78 is 79.0. The van der Waals surface area contributed by atoms with Crippen LogP contribution in [0.2, 0.25) is 0 Å². The number of alkyl halides is 3. The molecule has 0 fully saturated rings. The standard InChI is InChI=1S/C27H17BrF5N3O6/c28-22-21(12-5-7-15(8-6-12)27(31,32)33)36-25(42-22)18(41-17-10-9-16(29)19(20(17)30)23(34)37)11-35-24(38)13-1-3-14(4-2-13)26(39)40/h1-10,18H,11H2,(H2,34,37)(H,35,38)(H,39,40). The number of amides is 2. The highest BCUT2D eigenvalue weighted by atomic mass is 79.9. The molecule has 1 atom stereocenters. The molecule has 4 rings (SSSR count). The summed E-state index contributed by atoms with van der Waals surface area (Å²) in [7, 11) is 0. The maximum absolute atomic E-state index is 15.0. The maximum atomic E-state index is 15.0. The number of aromatic nitrogens is 1. The van der Waals surface area contributed by atoms with Crippen LogP contribution in [-0.2, 0) is 6.18 Å². The highest BCUT2D eigenvalue weighted by Gasteiger charge is 2.31. The Labute approximate surface area is 241 Å². The highest BCUT2D eigenvalue weighted by molar-refractivity contribution is 9.10. The topological polar surface area (TPSA) is 145 Å². The molecule has 0 saturated carbocycles. The molecule has 218 valence electrons. The summed E-state index contributed by atoms with van der Waals surface area (Å²) in [4.78, 5) is 39.6. The lowest BCUT2D eigenvalue weighted by atomic mass is 10.1. The second-order valence-corrected chi connectivity index (χ2v) is 9.27. The summed E-state index contributed by atoms with van der Waals surface area (Å²) in [5, 5.41) is 11.5. The summed E-state index contributed by atoms with van der Waals surface area (Å²) >= 11 is 3.13. The Kier molecular flexibility index (Phi) is 8.61. The van der Waals surface area contributed by atoms with E-state index in [1.54, 1.807) is 0 Å². The van der Waals surface area contributed by atoms with Crippen LogP contribution in [0.3, 0.4) is 0 Å². The molecule has 0 aliphatic rings. The van der Waals surface area contributed by atoms with Crippen LogP contribution in [0.4, 0.5) is 22.0 Å². The van der Waals surface area contributed by atoms with Crippen LogP contribution in [0, 0.1) is 11.6 Å². The summed E-state index contributed by atoms with van der Waals surface area (Å²) in [6.45, 7) is -0.457. The van der Waals surface area contributed by atoms with Crippen molar-refractivity contribution in [3.05, 3.63) is 105 Å². The van der Waals surface area contributed by atoms with E-state index in [4.69, 9.17) is 20.0 Å². The Morgan fingerprint density at radius 3 is 2.19 bits per heavy atom. The minimum absolute atomic E-state index is 0.0420. The normalized spacial score (nSPS) is 12.0. The molecule has 0 aliphatic carbocycles. The van der Waals surface area contributed by atoms with Gasteiger partial charge in [-0.15, -0.1) is 0 Å². The third-order valence-corrected chi connectivity index (χ3v) is 6.31. The molecular formula is C27H17BrF5N3O6. The number of carbonyl (C=O) groups is 3. The first kappa shape index (κ1) is 30.2. The molecule has 0 radical (unpaired) electrons. The minimum Gasteiger partial charge on any atom is -0.478 e. The molecule has 0 spiro atoms. The van der Waals surface area contributed by atoms with Crippen molar-refractivity contribution in [2.24, 2.45) is 5.73 Å². The molecule has 4 aromatic rings. The number of carbonyl (C=O) groups excluding carboxylic acids is 2. The Morgan fingerprint density at radius 1 is 1.00 bits per heavy atom. The molecule has 1 heterocycles. The third kappa shape index (κ3) is 6.57. The van der Waals surface area contributed by atoms with Crippen molar-refractivity contribution in [1.29, 1.82) is 0 Å². The first-order chi connectivity index (χ1) is 19.8. The summed E-state index contributed by atoms with van der Waals surface area (Å²) in [5.74, 6) is -6.93. The number of nitrogens with two attached hydrogens (primary N) is 1. The number of hydrogen-bond acceptors (Lipinski definition) is 6. The largest absolute Gasteiger partial charge is 0.478 e. The van der Waals surface area contributed by atoms with E-state index in [1.165, 1.54) is 24.3 Å². The van der Waals surface area contributed by atoms with Gasteiger partial charge in [0, 0.05) is 11.1 Å². The number of aromatic carboxylic acids is 1. The molecule has 42 heavy (non-hydrogen) atoms. The van der Waals surface area contributed by atoms with Crippen LogP contribution >= 0.6 is 15.9 Å². The van der Waals surface area contributed by atoms with Crippen molar-refractivity contribution < 1.29 is 50.6 Å². The number of oxazole rings is 1. The van der Waals surface area contributed by atoms with E-state index in [9.17, 15) is 36.3 Å². The SMILES string of the molecule is NC(=O)c1c(F)ccc(OC(CNC(=O)c2ccc(C(=O)O)cc2)c2nc(-c3ccc(C(F)(F)F)cc3)c(Br)o2)c1F. The minimum atomic E-state index is -4.57. The predicted octanol–water partition coefficient (Wildman–Crippen LogP) is 5.75. The van der Waals surface area contributed by atoms with Gasteiger partial charge in [-0.1, -0.05) is 12.1 Å². The number of nitrogens with zero attached hydrogens (tertiary/aromatic N) is 1. The first-order valence-electron chi connectivity index (χ1n) is 11.7. The summed E-state index contributed by atoms with van der Waals surface area (Å²) in [5.41, 5.74) is 3.33. The fourth-order valence-electron chi connectivity index (χ4n) is 3.68. The van der Waals surface area contributed by atoms with Gasteiger partial charge in [0.25, 0.3) is 11.8 Å². The molecule has 0 aliphatic heterocycles. The molecule has 0 saturated heterocycles. The lowest BCUT2D eigenvalue weighted by Crippen LogP contribution is -2.31. The lowest BCUT2D eigenvalue weighted by molar-refractivity contribution is -0.137. The maximum Gasteiger partial charge on any atom is 0.416 e. The molecule has 3 aromatic carbocycles. The number of rotatable bonds is 9. The molecule has 4 N–H and O–H groups in total. The van der Waals surface area contributed by atoms with E-state index in [-0.39, 0.29) is 32.9 Å². The molecule has 9 nitrogen and oxygen atoms in total. The quantitative estimate of drug-likeness (QED) is 0.195. The average molecular weight is 654 g/mol. The van der Waals surface area contributed by atoms with Crippen LogP contribution in [0.25, 0.3) is 11.3 Å². The second-order valence-electron chi connectivity index (χ2n) is 8.55. The van der Waals surface area contributed by atoms with Gasteiger partial charge in [-0.05, 0) is 64.5 Å². The highest BCUT2D eigenvalue weighted by Crippen LogP contribution is 2.35. The average Bonchev–Trinajstić information content (AvgIpc) is 3.32. The zero-order valence-electron chi connectivity index (χ0n) is 20.8. The van der Waals surface area contributed by atoms with Gasteiger partial charge in [0.2, 0.25) is 5.89 Å². The Morgan fingerprint density at radius 2 is 1.62 bits per heavy atom. The van der Waals surface area contributed by atoms with Gasteiger partial charge in [-0.25, -0.2) is 18.6 Å². The van der Waals surface area contributed by atoms with Crippen LogP contribution in [0.15, 0.2) is 69.8 Å². The summed E-state index contributed by atoms with van der Waals surface area (Å²) in [6.07, 6.45) is -6.01. The van der Waals surface area contributed by atoms with E-state index in [1.807, 2.05) is 0 Å². The van der Waals surface area contributed by atoms with E-state index in [0.29, 0.717) is 0 Å². The van der Waals surface area contributed by atoms with E-state index < -0.39 is 65.1 Å². The van der Waals surface area contributed by atoms with Gasteiger partial charge >= 0.3 is 12.1 Å². The van der Waals surface area contributed by atoms with E-state index in [2.05, 4.69) is 26.2 Å². The number of carboxylic acid groups (broad SMARTS) is 1. The molecule has 1 unspecified atom stereocenters. The lowest BCUT2D eigenvalue weighted by Gasteiger charge is -2.18. The fraction of sp³-hybridized carbons (Fsp3) is 0.111. The molecule has 0 bridgehead atoms. The first-order valence-corrected chi connectivity index (χ1v) is 12.5. The van der Waals surface area contributed by atoms with Gasteiger partial charge in [0.1, 0.15) is 17.1 Å². The van der Waals surface area contributed by atoms with Crippen LogP contribution in [0.1, 0.15) is 48.6 Å². The van der Waals surface area contributed by atoms with Gasteiger partial charge in [0.15, 0.2) is 22.3 Å². The number of benzene rings is 3. The predicted molar refractivity (Wildman–Crippen MR) is 139 cm³/mol. The fourth-order valence-corrected chi connectivity index (χ4v) is 4.17. The monoisotopic (exact) mass is 653 g/mol. The zero-order valence-corrected chi connectivity index (χ0v) is 22.4. The Hall–Kier alpha value is -4.79. The molecule has 15 heteroatoms. The van der Waals surface area contributed by atoms with Crippen molar-refractivity contribution in [2.75, 3.05) is 6.54 Å². The molecule has 2 amide bonds. The smallest absolute Gasteiger partial charge is 0.416 e. The van der Waals surface area contributed by atoms with Crippen molar-refractivity contribution in [3.63, 3.8) is 0 Å². The van der Waals surface area contributed by atoms with Crippen LogP contribution in [-0.4, -0.2) is 34.4 Å². The van der Waals surface area contributed by atoms with Gasteiger partial charge in [-0.2, -0.15) is 13.2 Å². The third-order valence-electron chi connectivity index (χ3n) is 5.78. The van der Waals surface area contributed by atoms with Crippen molar-refractivity contribution in [3.8, 4) is 17.0 Å². The molecular weight excluding hydrogens is 637 g/mol. The van der Waals surface area contributed by atoms with Gasteiger partial charge in [-0.3, -0.25) is 9.59 Å². The number of nitrogens with one attached hydrogen (secondary N) is 1. The summed E-state index contributed by atoms with van der Waals surface area (Å²) in [6, 6.07) is 10.5. The van der Waals surface area contributed by atoms with E-state index >= 15 is 0 Å². The van der Waals surface area contributed by atoms with Crippen molar-refractivity contribution in [1.82, 2.24) is 10.3 Å². The number of hydrogen-bond donors (Lipinski definition) is 3.